The van der Waals surface area contributed by atoms with E-state index in [0.717, 1.165) is 18.7 Å². The van der Waals surface area contributed by atoms with Gasteiger partial charge in [0.15, 0.2) is 0 Å². The first-order chi connectivity index (χ1) is 10.3. The SMILES string of the molecule is CCCOc1cc(NC(CCl)Cc2ccccc2)ncn1. The molecule has 0 bridgehead atoms. The second kappa shape index (κ2) is 8.47. The highest BCUT2D eigenvalue weighted by Crippen LogP contribution is 2.14. The van der Waals surface area contributed by atoms with E-state index < -0.39 is 0 Å². The Morgan fingerprint density at radius 2 is 2.05 bits per heavy atom. The van der Waals surface area contributed by atoms with Crippen LogP contribution in [0.1, 0.15) is 18.9 Å². The van der Waals surface area contributed by atoms with Crippen LogP contribution in [0.2, 0.25) is 0 Å². The molecule has 2 rings (SSSR count). The molecule has 21 heavy (non-hydrogen) atoms. The molecule has 0 saturated heterocycles. The Kier molecular flexibility index (Phi) is 6.28. The zero-order valence-electron chi connectivity index (χ0n) is 12.1. The van der Waals surface area contributed by atoms with Gasteiger partial charge in [-0.15, -0.1) is 11.6 Å². The average molecular weight is 306 g/mol. The minimum absolute atomic E-state index is 0.114. The lowest BCUT2D eigenvalue weighted by atomic mass is 10.1. The predicted molar refractivity (Wildman–Crippen MR) is 86.1 cm³/mol. The summed E-state index contributed by atoms with van der Waals surface area (Å²) in [6.07, 6.45) is 3.30. The summed E-state index contributed by atoms with van der Waals surface area (Å²) in [4.78, 5) is 8.30. The van der Waals surface area contributed by atoms with Crippen molar-refractivity contribution < 1.29 is 4.74 Å². The van der Waals surface area contributed by atoms with Crippen LogP contribution in [0.25, 0.3) is 0 Å². The van der Waals surface area contributed by atoms with Crippen LogP contribution in [0.3, 0.4) is 0 Å². The first-order valence-corrected chi connectivity index (χ1v) is 7.66. The monoisotopic (exact) mass is 305 g/mol. The van der Waals surface area contributed by atoms with Gasteiger partial charge in [0.25, 0.3) is 0 Å². The number of rotatable bonds is 8. The van der Waals surface area contributed by atoms with Gasteiger partial charge in [-0.05, 0) is 18.4 Å². The number of aromatic nitrogens is 2. The van der Waals surface area contributed by atoms with Gasteiger partial charge in [-0.25, -0.2) is 9.97 Å². The topological polar surface area (TPSA) is 47.0 Å². The molecule has 0 aliphatic heterocycles. The zero-order chi connectivity index (χ0) is 14.9. The van der Waals surface area contributed by atoms with E-state index in [1.807, 2.05) is 18.2 Å². The molecule has 1 unspecified atom stereocenters. The second-order valence-corrected chi connectivity index (χ2v) is 5.08. The molecule has 5 heteroatoms. The van der Waals surface area contributed by atoms with Gasteiger partial charge < -0.3 is 10.1 Å². The zero-order valence-corrected chi connectivity index (χ0v) is 12.9. The third-order valence-electron chi connectivity index (χ3n) is 2.96. The first kappa shape index (κ1) is 15.6. The largest absolute Gasteiger partial charge is 0.478 e. The highest BCUT2D eigenvalue weighted by atomic mass is 35.5. The van der Waals surface area contributed by atoms with Crippen LogP contribution in [0, 0.1) is 0 Å². The van der Waals surface area contributed by atoms with Gasteiger partial charge in [-0.3, -0.25) is 0 Å². The van der Waals surface area contributed by atoms with E-state index in [1.54, 1.807) is 6.07 Å². The van der Waals surface area contributed by atoms with E-state index in [4.69, 9.17) is 16.3 Å². The lowest BCUT2D eigenvalue weighted by Gasteiger charge is -2.17. The van der Waals surface area contributed by atoms with Gasteiger partial charge in [0, 0.05) is 18.0 Å². The summed E-state index contributed by atoms with van der Waals surface area (Å²) in [5, 5.41) is 3.33. The van der Waals surface area contributed by atoms with E-state index in [-0.39, 0.29) is 6.04 Å². The fourth-order valence-electron chi connectivity index (χ4n) is 1.96. The van der Waals surface area contributed by atoms with Crippen LogP contribution in [-0.4, -0.2) is 28.5 Å². The number of halogens is 1. The lowest BCUT2D eigenvalue weighted by molar-refractivity contribution is 0.305. The fraction of sp³-hybridized carbons (Fsp3) is 0.375. The van der Waals surface area contributed by atoms with Crippen molar-refractivity contribution in [3.63, 3.8) is 0 Å². The summed E-state index contributed by atoms with van der Waals surface area (Å²) in [7, 11) is 0. The molecule has 1 heterocycles. The summed E-state index contributed by atoms with van der Waals surface area (Å²) in [6.45, 7) is 2.71. The molecule has 112 valence electrons. The summed E-state index contributed by atoms with van der Waals surface area (Å²) >= 11 is 6.05. The molecule has 0 spiro atoms. The van der Waals surface area contributed by atoms with E-state index in [1.165, 1.54) is 11.9 Å². The summed E-state index contributed by atoms with van der Waals surface area (Å²) < 4.78 is 5.51. The van der Waals surface area contributed by atoms with Crippen LogP contribution in [0.15, 0.2) is 42.7 Å². The molecule has 4 nitrogen and oxygen atoms in total. The highest BCUT2D eigenvalue weighted by Gasteiger charge is 2.10. The van der Waals surface area contributed by atoms with Gasteiger partial charge in [-0.1, -0.05) is 37.3 Å². The Morgan fingerprint density at radius 1 is 1.24 bits per heavy atom. The molecule has 1 aromatic carbocycles. The van der Waals surface area contributed by atoms with Crippen molar-refractivity contribution in [1.82, 2.24) is 9.97 Å². The molecule has 2 aromatic rings. The smallest absolute Gasteiger partial charge is 0.218 e. The van der Waals surface area contributed by atoms with Crippen LogP contribution in [0.5, 0.6) is 5.88 Å². The summed E-state index contributed by atoms with van der Waals surface area (Å²) in [6, 6.07) is 12.2. The lowest BCUT2D eigenvalue weighted by Crippen LogP contribution is -2.24. The number of nitrogens with one attached hydrogen (secondary N) is 1. The van der Waals surface area contributed by atoms with Crippen molar-refractivity contribution in [2.24, 2.45) is 0 Å². The molecule has 1 aromatic heterocycles. The minimum atomic E-state index is 0.114. The maximum absolute atomic E-state index is 6.05. The maximum atomic E-state index is 6.05. The van der Waals surface area contributed by atoms with Gasteiger partial charge >= 0.3 is 0 Å². The molecule has 0 saturated carbocycles. The van der Waals surface area contributed by atoms with Crippen LogP contribution in [0.4, 0.5) is 5.82 Å². The highest BCUT2D eigenvalue weighted by molar-refractivity contribution is 6.18. The Labute approximate surface area is 130 Å². The molecular weight excluding hydrogens is 286 g/mol. The number of alkyl halides is 1. The first-order valence-electron chi connectivity index (χ1n) is 7.13. The van der Waals surface area contributed by atoms with E-state index in [2.05, 4.69) is 34.3 Å². The van der Waals surface area contributed by atoms with Crippen molar-refractivity contribution in [3.05, 3.63) is 48.3 Å². The quantitative estimate of drug-likeness (QED) is 0.758. The van der Waals surface area contributed by atoms with Gasteiger partial charge in [0.1, 0.15) is 12.1 Å². The van der Waals surface area contributed by atoms with E-state index >= 15 is 0 Å². The number of nitrogens with zero attached hydrogens (tertiary/aromatic N) is 2. The Balaban J connectivity index is 1.98. The third-order valence-corrected chi connectivity index (χ3v) is 3.33. The van der Waals surface area contributed by atoms with Gasteiger partial charge in [0.2, 0.25) is 5.88 Å². The van der Waals surface area contributed by atoms with Crippen LogP contribution in [-0.2, 0) is 6.42 Å². The standard InChI is InChI=1S/C16H20ClN3O/c1-2-8-21-16-10-15(18-12-19-16)20-14(11-17)9-13-6-4-3-5-7-13/h3-7,10,12,14H,2,8-9,11H2,1H3,(H,18,19,20). The van der Waals surface area contributed by atoms with Gasteiger partial charge in [0.05, 0.1) is 6.61 Å². The molecule has 0 radical (unpaired) electrons. The Hall–Kier alpha value is -1.81. The minimum Gasteiger partial charge on any atom is -0.478 e. The molecule has 0 aliphatic rings. The number of hydrogen-bond donors (Lipinski definition) is 1. The fourth-order valence-corrected chi connectivity index (χ4v) is 2.14. The van der Waals surface area contributed by atoms with Crippen molar-refractivity contribution in [3.8, 4) is 5.88 Å². The predicted octanol–water partition coefficient (Wildman–Crippen LogP) is 3.53. The number of hydrogen-bond acceptors (Lipinski definition) is 4. The number of anilines is 1. The van der Waals surface area contributed by atoms with E-state index in [9.17, 15) is 0 Å². The summed E-state index contributed by atoms with van der Waals surface area (Å²) in [5.41, 5.74) is 1.24. The third kappa shape index (κ3) is 5.23. The van der Waals surface area contributed by atoms with Gasteiger partial charge in [-0.2, -0.15) is 0 Å². The molecule has 1 N–H and O–H groups in total. The molecule has 1 atom stereocenters. The van der Waals surface area contributed by atoms with Crippen molar-refractivity contribution >= 4 is 17.4 Å². The molecule has 0 amide bonds. The molecule has 0 aliphatic carbocycles. The Bertz CT molecular complexity index is 536. The molecule has 0 fully saturated rings. The maximum Gasteiger partial charge on any atom is 0.218 e. The average Bonchev–Trinajstić information content (AvgIpc) is 2.53. The van der Waals surface area contributed by atoms with Crippen molar-refractivity contribution in [1.29, 1.82) is 0 Å². The van der Waals surface area contributed by atoms with E-state index in [0.29, 0.717) is 18.4 Å². The second-order valence-electron chi connectivity index (χ2n) is 4.78. The van der Waals surface area contributed by atoms with Crippen LogP contribution >= 0.6 is 11.6 Å². The molecular formula is C16H20ClN3O. The van der Waals surface area contributed by atoms with Crippen molar-refractivity contribution in [2.75, 3.05) is 17.8 Å². The van der Waals surface area contributed by atoms with Crippen molar-refractivity contribution in [2.45, 2.75) is 25.8 Å². The Morgan fingerprint density at radius 3 is 2.76 bits per heavy atom. The number of benzene rings is 1. The summed E-state index contributed by atoms with van der Waals surface area (Å²) in [5.74, 6) is 1.82. The normalized spacial score (nSPS) is 11.9. The van der Waals surface area contributed by atoms with Crippen LogP contribution < -0.4 is 10.1 Å². The number of ether oxygens (including phenoxy) is 1.